The van der Waals surface area contributed by atoms with Crippen molar-refractivity contribution in [2.75, 3.05) is 25.8 Å². The van der Waals surface area contributed by atoms with Crippen molar-refractivity contribution in [1.82, 2.24) is 19.5 Å². The van der Waals surface area contributed by atoms with Gasteiger partial charge in [-0.3, -0.25) is 14.2 Å². The highest BCUT2D eigenvalue weighted by molar-refractivity contribution is 5.83. The average Bonchev–Trinajstić information content (AvgIpc) is 3.39. The first kappa shape index (κ1) is 28.4. The maximum atomic E-state index is 16.6. The molecule has 1 aromatic carbocycles. The molecule has 3 heterocycles. The van der Waals surface area contributed by atoms with Crippen molar-refractivity contribution in [3.63, 3.8) is 0 Å². The van der Waals surface area contributed by atoms with Crippen molar-refractivity contribution in [1.29, 1.82) is 0 Å². The van der Waals surface area contributed by atoms with Gasteiger partial charge in [-0.25, -0.2) is 19.3 Å². The Hall–Kier alpha value is -3.64. The number of aromatic nitrogens is 4. The van der Waals surface area contributed by atoms with Crippen LogP contribution >= 0.6 is 0 Å². The fourth-order valence-electron chi connectivity index (χ4n) is 4.35. The summed E-state index contributed by atoms with van der Waals surface area (Å²) in [6, 6.07) is 9.12. The summed E-state index contributed by atoms with van der Waals surface area (Å²) in [5, 5.41) is 2.96. The van der Waals surface area contributed by atoms with Crippen LogP contribution in [0, 0.1) is 12.3 Å². The number of alkyl halides is 1. The molecule has 39 heavy (non-hydrogen) atoms. The van der Waals surface area contributed by atoms with Crippen molar-refractivity contribution < 1.29 is 32.9 Å². The van der Waals surface area contributed by atoms with Crippen molar-refractivity contribution in [2.45, 2.75) is 65.1 Å². The Bertz CT molecular complexity index is 1320. The molecular formula is C27H34FN5O6. The van der Waals surface area contributed by atoms with Crippen molar-refractivity contribution >= 4 is 28.9 Å². The standard InChI is InChI=1S/C27H34FN5O6/c1-16-31-22(29-6)20-23(32-16)33(14-30-20)24-27(5,28)21(37-15-38-25(35)26(2,3)4)18(39-24)13-36-19(34)12-17-10-8-7-9-11-17/h7-11,14,18,21,24H,12-13,15H2,1-6H3,(H,29,31,32)/t18-,21-,24-,27-/m1/s1. The lowest BCUT2D eigenvalue weighted by Gasteiger charge is -2.28. The number of carbonyl (C=O) groups excluding carboxylic acids is 2. The molecular weight excluding hydrogens is 509 g/mol. The van der Waals surface area contributed by atoms with E-state index in [0.717, 1.165) is 5.56 Å². The summed E-state index contributed by atoms with van der Waals surface area (Å²) < 4.78 is 40.6. The molecule has 0 spiro atoms. The number of nitrogens with zero attached hydrogens (tertiary/aromatic N) is 4. The number of benzene rings is 1. The number of hydrogen-bond acceptors (Lipinski definition) is 10. The van der Waals surface area contributed by atoms with Crippen LogP contribution in [-0.2, 0) is 35.0 Å². The van der Waals surface area contributed by atoms with Gasteiger partial charge in [-0.1, -0.05) is 30.3 Å². The number of hydrogen-bond donors (Lipinski definition) is 1. The van der Waals surface area contributed by atoms with Crippen LogP contribution in [0.25, 0.3) is 11.2 Å². The van der Waals surface area contributed by atoms with E-state index in [1.54, 1.807) is 34.7 Å². The zero-order chi connectivity index (χ0) is 28.4. The quantitative estimate of drug-likeness (QED) is 0.316. The Morgan fingerprint density at radius 2 is 1.90 bits per heavy atom. The van der Waals surface area contributed by atoms with Crippen LogP contribution in [0.2, 0.25) is 0 Å². The molecule has 0 amide bonds. The van der Waals surface area contributed by atoms with Gasteiger partial charge >= 0.3 is 11.9 Å². The van der Waals surface area contributed by atoms with Gasteiger partial charge in [0.05, 0.1) is 18.2 Å². The normalized spacial score (nSPS) is 23.1. The zero-order valence-corrected chi connectivity index (χ0v) is 22.9. The third-order valence-electron chi connectivity index (χ3n) is 6.35. The first-order valence-electron chi connectivity index (χ1n) is 12.6. The van der Waals surface area contributed by atoms with Gasteiger partial charge in [-0.05, 0) is 40.2 Å². The van der Waals surface area contributed by atoms with E-state index in [4.69, 9.17) is 18.9 Å². The SMILES string of the molecule is CNc1nc(C)nc2c1ncn2[C@@H]1O[C@H](COC(=O)Cc2ccccc2)[C@@H](OCOC(=O)C(C)(C)C)[C@@]1(C)F. The second-order valence-electron chi connectivity index (χ2n) is 10.6. The molecule has 1 aliphatic rings. The lowest BCUT2D eigenvalue weighted by Crippen LogP contribution is -2.44. The van der Waals surface area contributed by atoms with Crippen LogP contribution in [0.4, 0.5) is 10.2 Å². The van der Waals surface area contributed by atoms with Crippen LogP contribution < -0.4 is 5.32 Å². The van der Waals surface area contributed by atoms with E-state index in [0.29, 0.717) is 22.8 Å². The Morgan fingerprint density at radius 1 is 1.18 bits per heavy atom. The minimum absolute atomic E-state index is 0.0494. The summed E-state index contributed by atoms with van der Waals surface area (Å²) in [5.41, 5.74) is -1.33. The van der Waals surface area contributed by atoms with Gasteiger partial charge in [0.25, 0.3) is 0 Å². The monoisotopic (exact) mass is 543 g/mol. The second-order valence-corrected chi connectivity index (χ2v) is 10.6. The maximum Gasteiger partial charge on any atom is 0.313 e. The molecule has 0 radical (unpaired) electrons. The number of rotatable bonds is 9. The maximum absolute atomic E-state index is 16.6. The molecule has 11 nitrogen and oxygen atoms in total. The minimum atomic E-state index is -2.16. The molecule has 1 N–H and O–H groups in total. The summed E-state index contributed by atoms with van der Waals surface area (Å²) in [7, 11) is 1.70. The van der Waals surface area contributed by atoms with Gasteiger partial charge in [0.15, 0.2) is 35.7 Å². The fraction of sp³-hybridized carbons (Fsp3) is 0.519. The highest BCUT2D eigenvalue weighted by Crippen LogP contribution is 2.44. The highest BCUT2D eigenvalue weighted by Gasteiger charge is 2.57. The Kier molecular flexibility index (Phi) is 8.17. The van der Waals surface area contributed by atoms with Crippen molar-refractivity contribution in [2.24, 2.45) is 5.41 Å². The van der Waals surface area contributed by atoms with E-state index in [1.165, 1.54) is 17.8 Å². The minimum Gasteiger partial charge on any atom is -0.463 e. The highest BCUT2D eigenvalue weighted by atomic mass is 19.1. The molecule has 1 saturated heterocycles. The largest absolute Gasteiger partial charge is 0.463 e. The Labute approximate surface area is 226 Å². The first-order valence-corrected chi connectivity index (χ1v) is 12.6. The van der Waals surface area contributed by atoms with E-state index in [9.17, 15) is 9.59 Å². The second kappa shape index (κ2) is 11.2. The molecule has 4 atom stereocenters. The van der Waals surface area contributed by atoms with Crippen LogP contribution in [0.1, 0.15) is 45.3 Å². The van der Waals surface area contributed by atoms with Crippen LogP contribution in [0.15, 0.2) is 36.7 Å². The summed E-state index contributed by atoms with van der Waals surface area (Å²) >= 11 is 0. The van der Waals surface area contributed by atoms with Gasteiger partial charge in [0.1, 0.15) is 24.6 Å². The number of nitrogens with one attached hydrogen (secondary N) is 1. The Balaban J connectivity index is 1.57. The first-order chi connectivity index (χ1) is 18.4. The lowest BCUT2D eigenvalue weighted by molar-refractivity contribution is -0.180. The van der Waals surface area contributed by atoms with E-state index in [2.05, 4.69) is 20.3 Å². The van der Waals surface area contributed by atoms with Gasteiger partial charge in [-0.15, -0.1) is 0 Å². The number of fused-ring (bicyclic) bond motifs is 1. The summed E-state index contributed by atoms with van der Waals surface area (Å²) in [6.07, 6.45) is -2.02. The number of ether oxygens (including phenoxy) is 4. The molecule has 1 fully saturated rings. The molecule has 1 aliphatic heterocycles. The molecule has 0 aliphatic carbocycles. The molecule has 4 rings (SSSR count). The number of carbonyl (C=O) groups is 2. The fourth-order valence-corrected chi connectivity index (χ4v) is 4.35. The number of halogens is 1. The summed E-state index contributed by atoms with van der Waals surface area (Å²) in [5.74, 6) is -0.0536. The molecule has 12 heteroatoms. The summed E-state index contributed by atoms with van der Waals surface area (Å²) in [6.45, 7) is 7.36. The molecule has 0 unspecified atom stereocenters. The Morgan fingerprint density at radius 3 is 2.56 bits per heavy atom. The smallest absolute Gasteiger partial charge is 0.313 e. The van der Waals surface area contributed by atoms with Crippen LogP contribution in [0.3, 0.4) is 0 Å². The van der Waals surface area contributed by atoms with Crippen molar-refractivity contribution in [3.8, 4) is 0 Å². The molecule has 0 bridgehead atoms. The van der Waals surface area contributed by atoms with Gasteiger partial charge < -0.3 is 24.3 Å². The number of anilines is 1. The summed E-state index contributed by atoms with van der Waals surface area (Å²) in [4.78, 5) is 37.9. The van der Waals surface area contributed by atoms with E-state index in [1.807, 2.05) is 30.3 Å². The molecule has 3 aromatic rings. The average molecular weight is 544 g/mol. The van der Waals surface area contributed by atoms with Crippen LogP contribution in [0.5, 0.6) is 0 Å². The number of imidazole rings is 1. The molecule has 210 valence electrons. The van der Waals surface area contributed by atoms with E-state index < -0.39 is 48.3 Å². The number of esters is 2. The predicted octanol–water partition coefficient (Wildman–Crippen LogP) is 3.52. The lowest BCUT2D eigenvalue weighted by atomic mass is 9.97. The van der Waals surface area contributed by atoms with Crippen LogP contribution in [-0.4, -0.2) is 69.8 Å². The zero-order valence-electron chi connectivity index (χ0n) is 22.9. The number of aryl methyl sites for hydroxylation is 1. The van der Waals surface area contributed by atoms with Crippen molar-refractivity contribution in [3.05, 3.63) is 48.0 Å². The van der Waals surface area contributed by atoms with Gasteiger partial charge in [0.2, 0.25) is 0 Å². The van der Waals surface area contributed by atoms with Gasteiger partial charge in [0, 0.05) is 7.05 Å². The third-order valence-corrected chi connectivity index (χ3v) is 6.35. The third kappa shape index (κ3) is 6.17. The van der Waals surface area contributed by atoms with Gasteiger partial charge in [-0.2, -0.15) is 0 Å². The van der Waals surface area contributed by atoms with E-state index >= 15 is 4.39 Å². The topological polar surface area (TPSA) is 127 Å². The molecule has 2 aromatic heterocycles. The predicted molar refractivity (Wildman–Crippen MR) is 139 cm³/mol. The molecule has 0 saturated carbocycles. The van der Waals surface area contributed by atoms with E-state index in [-0.39, 0.29) is 13.0 Å².